The van der Waals surface area contributed by atoms with E-state index in [1.54, 1.807) is 25.8 Å². The number of esters is 1. The van der Waals surface area contributed by atoms with Gasteiger partial charge in [-0.15, -0.1) is 11.8 Å². The summed E-state index contributed by atoms with van der Waals surface area (Å²) < 4.78 is 10.1. The topological polar surface area (TPSA) is 35.5 Å². The summed E-state index contributed by atoms with van der Waals surface area (Å²) in [5, 5.41) is 0. The van der Waals surface area contributed by atoms with E-state index in [1.807, 2.05) is 48.5 Å². The SMILES string of the molecule is CCOC(=O)c1ccc(CSc2ccc(OC)cc2)cc1. The fourth-order valence-electron chi connectivity index (χ4n) is 1.79. The van der Waals surface area contributed by atoms with Crippen LogP contribution >= 0.6 is 11.8 Å². The van der Waals surface area contributed by atoms with Crippen LogP contribution in [0, 0.1) is 0 Å². The predicted octanol–water partition coefficient (Wildman–Crippen LogP) is 4.16. The number of carbonyl (C=O) groups is 1. The molecule has 0 spiro atoms. The summed E-state index contributed by atoms with van der Waals surface area (Å²) >= 11 is 1.75. The first-order valence-corrected chi connectivity index (χ1v) is 7.74. The molecule has 0 aliphatic carbocycles. The van der Waals surface area contributed by atoms with E-state index in [4.69, 9.17) is 9.47 Å². The maximum absolute atomic E-state index is 11.6. The summed E-state index contributed by atoms with van der Waals surface area (Å²) in [6.45, 7) is 2.20. The molecule has 0 amide bonds. The lowest BCUT2D eigenvalue weighted by atomic mass is 10.1. The van der Waals surface area contributed by atoms with Gasteiger partial charge in [-0.1, -0.05) is 12.1 Å². The smallest absolute Gasteiger partial charge is 0.338 e. The Kier molecular flexibility index (Phi) is 5.69. The lowest BCUT2D eigenvalue weighted by Crippen LogP contribution is -2.04. The summed E-state index contributed by atoms with van der Waals surface area (Å²) in [6.07, 6.45) is 0. The molecule has 0 atom stereocenters. The first-order valence-electron chi connectivity index (χ1n) is 6.76. The molecular weight excluding hydrogens is 284 g/mol. The van der Waals surface area contributed by atoms with Crippen molar-refractivity contribution in [2.24, 2.45) is 0 Å². The third-order valence-electron chi connectivity index (χ3n) is 2.93. The van der Waals surface area contributed by atoms with E-state index >= 15 is 0 Å². The summed E-state index contributed by atoms with van der Waals surface area (Å²) in [6, 6.07) is 15.5. The van der Waals surface area contributed by atoms with Crippen molar-refractivity contribution in [3.05, 3.63) is 59.7 Å². The Morgan fingerprint density at radius 2 is 1.71 bits per heavy atom. The molecule has 0 unspecified atom stereocenters. The predicted molar refractivity (Wildman–Crippen MR) is 85.0 cm³/mol. The number of benzene rings is 2. The van der Waals surface area contributed by atoms with E-state index in [0.717, 1.165) is 11.5 Å². The average molecular weight is 302 g/mol. The van der Waals surface area contributed by atoms with Crippen LogP contribution < -0.4 is 4.74 Å². The first kappa shape index (κ1) is 15.4. The van der Waals surface area contributed by atoms with Crippen LogP contribution in [-0.4, -0.2) is 19.7 Å². The minimum atomic E-state index is -0.271. The quantitative estimate of drug-likeness (QED) is 0.593. The summed E-state index contributed by atoms with van der Waals surface area (Å²) in [5.74, 6) is 1.44. The van der Waals surface area contributed by atoms with E-state index < -0.39 is 0 Å². The van der Waals surface area contributed by atoms with Gasteiger partial charge < -0.3 is 9.47 Å². The molecule has 2 aromatic rings. The molecule has 2 aromatic carbocycles. The minimum Gasteiger partial charge on any atom is -0.497 e. The van der Waals surface area contributed by atoms with Crippen LogP contribution in [0.25, 0.3) is 0 Å². The molecule has 0 fully saturated rings. The summed E-state index contributed by atoms with van der Waals surface area (Å²) in [5.41, 5.74) is 1.76. The maximum Gasteiger partial charge on any atom is 0.338 e. The molecule has 0 heterocycles. The highest BCUT2D eigenvalue weighted by atomic mass is 32.2. The Labute approximate surface area is 129 Å². The molecule has 0 aliphatic rings. The van der Waals surface area contributed by atoms with Crippen molar-refractivity contribution in [2.75, 3.05) is 13.7 Å². The molecule has 4 heteroatoms. The molecule has 0 saturated heterocycles. The van der Waals surface area contributed by atoms with Gasteiger partial charge in [0.05, 0.1) is 19.3 Å². The summed E-state index contributed by atoms with van der Waals surface area (Å²) in [4.78, 5) is 12.7. The molecule has 0 bridgehead atoms. The minimum absolute atomic E-state index is 0.271. The zero-order valence-electron chi connectivity index (χ0n) is 12.2. The highest BCUT2D eigenvalue weighted by Gasteiger charge is 2.05. The van der Waals surface area contributed by atoms with Gasteiger partial charge in [-0.2, -0.15) is 0 Å². The van der Waals surface area contributed by atoms with Gasteiger partial charge >= 0.3 is 5.97 Å². The van der Waals surface area contributed by atoms with Crippen molar-refractivity contribution >= 4 is 17.7 Å². The molecule has 0 N–H and O–H groups in total. The Morgan fingerprint density at radius 3 is 2.29 bits per heavy atom. The van der Waals surface area contributed by atoms with E-state index in [2.05, 4.69) is 0 Å². The van der Waals surface area contributed by atoms with E-state index in [9.17, 15) is 4.79 Å². The number of ether oxygens (including phenoxy) is 2. The third kappa shape index (κ3) is 4.53. The second kappa shape index (κ2) is 7.74. The van der Waals surface area contributed by atoms with E-state index in [-0.39, 0.29) is 5.97 Å². The van der Waals surface area contributed by atoms with Gasteiger partial charge in [-0.05, 0) is 48.9 Å². The largest absolute Gasteiger partial charge is 0.497 e. The number of thioether (sulfide) groups is 1. The van der Waals surface area contributed by atoms with Crippen LogP contribution in [0.2, 0.25) is 0 Å². The Morgan fingerprint density at radius 1 is 1.05 bits per heavy atom. The molecular formula is C17H18O3S. The van der Waals surface area contributed by atoms with Gasteiger partial charge in [-0.25, -0.2) is 4.79 Å². The monoisotopic (exact) mass is 302 g/mol. The van der Waals surface area contributed by atoms with Gasteiger partial charge in [0, 0.05) is 10.6 Å². The highest BCUT2D eigenvalue weighted by Crippen LogP contribution is 2.25. The molecule has 0 saturated carbocycles. The highest BCUT2D eigenvalue weighted by molar-refractivity contribution is 7.98. The number of rotatable bonds is 6. The maximum atomic E-state index is 11.6. The molecule has 3 nitrogen and oxygen atoms in total. The lowest BCUT2D eigenvalue weighted by Gasteiger charge is -2.05. The average Bonchev–Trinajstić information content (AvgIpc) is 2.54. The fraction of sp³-hybridized carbons (Fsp3) is 0.235. The van der Waals surface area contributed by atoms with E-state index in [0.29, 0.717) is 12.2 Å². The molecule has 2 rings (SSSR count). The lowest BCUT2D eigenvalue weighted by molar-refractivity contribution is 0.0526. The number of carbonyl (C=O) groups excluding carboxylic acids is 1. The van der Waals surface area contributed by atoms with Gasteiger partial charge in [0.1, 0.15) is 5.75 Å². The number of hydrogen-bond acceptors (Lipinski definition) is 4. The number of hydrogen-bond donors (Lipinski definition) is 0. The molecule has 0 radical (unpaired) electrons. The number of methoxy groups -OCH3 is 1. The van der Waals surface area contributed by atoms with Crippen LogP contribution in [0.15, 0.2) is 53.4 Å². The normalized spacial score (nSPS) is 10.2. The standard InChI is InChI=1S/C17H18O3S/c1-3-20-17(18)14-6-4-13(5-7-14)12-21-16-10-8-15(19-2)9-11-16/h4-11H,3,12H2,1-2H3. The van der Waals surface area contributed by atoms with Crippen molar-refractivity contribution in [1.82, 2.24) is 0 Å². The zero-order chi connectivity index (χ0) is 15.1. The van der Waals surface area contributed by atoms with E-state index in [1.165, 1.54) is 10.5 Å². The van der Waals surface area contributed by atoms with Gasteiger partial charge in [0.15, 0.2) is 0 Å². The van der Waals surface area contributed by atoms with Gasteiger partial charge in [0.25, 0.3) is 0 Å². The molecule has 21 heavy (non-hydrogen) atoms. The van der Waals surface area contributed by atoms with Gasteiger partial charge in [0.2, 0.25) is 0 Å². The fourth-order valence-corrected chi connectivity index (χ4v) is 2.64. The Bertz CT molecular complexity index is 576. The van der Waals surface area contributed by atoms with Crippen LogP contribution in [0.1, 0.15) is 22.8 Å². The second-order valence-electron chi connectivity index (χ2n) is 4.38. The Balaban J connectivity index is 1.92. The van der Waals surface area contributed by atoms with Crippen LogP contribution in [-0.2, 0) is 10.5 Å². The van der Waals surface area contributed by atoms with Crippen LogP contribution in [0.3, 0.4) is 0 Å². The molecule has 110 valence electrons. The molecule has 0 aliphatic heterocycles. The van der Waals surface area contributed by atoms with Crippen molar-refractivity contribution in [1.29, 1.82) is 0 Å². The molecule has 0 aromatic heterocycles. The summed E-state index contributed by atoms with van der Waals surface area (Å²) in [7, 11) is 1.66. The van der Waals surface area contributed by atoms with Crippen molar-refractivity contribution in [3.63, 3.8) is 0 Å². The second-order valence-corrected chi connectivity index (χ2v) is 5.43. The van der Waals surface area contributed by atoms with Gasteiger partial charge in [-0.3, -0.25) is 0 Å². The third-order valence-corrected chi connectivity index (χ3v) is 4.01. The Hall–Kier alpha value is -1.94. The van der Waals surface area contributed by atoms with Crippen molar-refractivity contribution < 1.29 is 14.3 Å². The van der Waals surface area contributed by atoms with Crippen LogP contribution in [0.4, 0.5) is 0 Å². The van der Waals surface area contributed by atoms with Crippen molar-refractivity contribution in [2.45, 2.75) is 17.6 Å². The zero-order valence-corrected chi connectivity index (χ0v) is 13.0. The first-order chi connectivity index (χ1) is 10.2. The van der Waals surface area contributed by atoms with Crippen molar-refractivity contribution in [3.8, 4) is 5.75 Å². The van der Waals surface area contributed by atoms with Crippen LogP contribution in [0.5, 0.6) is 5.75 Å².